The second-order valence-electron chi connectivity index (χ2n) is 5.57. The maximum atomic E-state index is 12.7. The number of hydrogen-bond donors (Lipinski definition) is 2. The zero-order valence-electron chi connectivity index (χ0n) is 13.2. The van der Waals surface area contributed by atoms with Crippen LogP contribution >= 0.6 is 11.8 Å². The molecule has 0 aliphatic carbocycles. The molecule has 1 heterocycles. The molecule has 9 heteroatoms. The number of aliphatic carboxylic acids is 1. The van der Waals surface area contributed by atoms with Crippen molar-refractivity contribution in [2.45, 2.75) is 17.4 Å². The number of thioether (sulfide) groups is 1. The summed E-state index contributed by atoms with van der Waals surface area (Å²) in [6, 6.07) is 6.33. The number of benzene rings is 2. The van der Waals surface area contributed by atoms with Crippen molar-refractivity contribution >= 4 is 50.1 Å². The van der Waals surface area contributed by atoms with Gasteiger partial charge in [-0.2, -0.15) is 11.8 Å². The van der Waals surface area contributed by atoms with Gasteiger partial charge in [0.15, 0.2) is 0 Å². The van der Waals surface area contributed by atoms with Crippen molar-refractivity contribution in [2.24, 2.45) is 0 Å². The van der Waals surface area contributed by atoms with Gasteiger partial charge in [-0.05, 0) is 36.6 Å². The molecule has 7 nitrogen and oxygen atoms in total. The van der Waals surface area contributed by atoms with Gasteiger partial charge >= 0.3 is 0 Å². The molecule has 1 unspecified atom stereocenters. The van der Waals surface area contributed by atoms with Gasteiger partial charge in [-0.1, -0.05) is 12.1 Å². The summed E-state index contributed by atoms with van der Waals surface area (Å²) < 4.78 is 27.7. The van der Waals surface area contributed by atoms with Crippen LogP contribution < -0.4 is 15.1 Å². The molecule has 0 bridgehead atoms. The molecule has 1 amide bonds. The first kappa shape index (κ1) is 17.7. The van der Waals surface area contributed by atoms with Crippen LogP contribution in [0, 0.1) is 0 Å². The lowest BCUT2D eigenvalue weighted by molar-refractivity contribution is -0.308. The topological polar surface area (TPSA) is 115 Å². The van der Waals surface area contributed by atoms with Gasteiger partial charge in [-0.3, -0.25) is 4.79 Å². The van der Waals surface area contributed by atoms with E-state index in [1.54, 1.807) is 24.5 Å². The average molecular weight is 379 g/mol. The third-order valence-electron chi connectivity index (χ3n) is 3.98. The Morgan fingerprint density at radius 2 is 2.08 bits per heavy atom. The van der Waals surface area contributed by atoms with Crippen LogP contribution in [0.2, 0.25) is 0 Å². The van der Waals surface area contributed by atoms with E-state index in [9.17, 15) is 23.1 Å². The Labute approximate surface area is 148 Å². The molecule has 25 heavy (non-hydrogen) atoms. The highest BCUT2D eigenvalue weighted by atomic mass is 32.2. The summed E-state index contributed by atoms with van der Waals surface area (Å²) in [6.07, 6.45) is 1.91. The van der Waals surface area contributed by atoms with E-state index in [1.165, 1.54) is 23.9 Å². The van der Waals surface area contributed by atoms with Crippen molar-refractivity contribution in [2.75, 3.05) is 17.3 Å². The van der Waals surface area contributed by atoms with Gasteiger partial charge < -0.3 is 15.2 Å². The molecule has 2 aromatic carbocycles. The number of anilines is 1. The quantitative estimate of drug-likeness (QED) is 0.726. The summed E-state index contributed by atoms with van der Waals surface area (Å²) in [6.45, 7) is 0. The molecule has 1 aliphatic rings. The minimum Gasteiger partial charge on any atom is -0.548 e. The molecular formula is C16H15N2O5S2-. The predicted molar refractivity (Wildman–Crippen MR) is 94.0 cm³/mol. The van der Waals surface area contributed by atoms with Gasteiger partial charge in [0, 0.05) is 22.0 Å². The molecule has 1 atom stereocenters. The Hall–Kier alpha value is -2.10. The first-order valence-electron chi connectivity index (χ1n) is 7.44. The summed E-state index contributed by atoms with van der Waals surface area (Å²) in [5, 5.41) is 14.8. The second kappa shape index (κ2) is 6.66. The number of rotatable bonds is 7. The van der Waals surface area contributed by atoms with E-state index < -0.39 is 22.0 Å². The first-order chi connectivity index (χ1) is 11.8. The van der Waals surface area contributed by atoms with Gasteiger partial charge in [-0.25, -0.2) is 13.1 Å². The fourth-order valence-electron chi connectivity index (χ4n) is 2.81. The summed E-state index contributed by atoms with van der Waals surface area (Å²) in [5.74, 6) is -1.29. The highest BCUT2D eigenvalue weighted by molar-refractivity contribution is 7.98. The zero-order chi connectivity index (χ0) is 18.2. The number of nitrogens with one attached hydrogen (secondary N) is 2. The van der Waals surface area contributed by atoms with E-state index in [1.807, 2.05) is 0 Å². The second-order valence-corrected chi connectivity index (χ2v) is 8.24. The van der Waals surface area contributed by atoms with Gasteiger partial charge in [-0.15, -0.1) is 0 Å². The van der Waals surface area contributed by atoms with Crippen LogP contribution in [0.1, 0.15) is 16.8 Å². The van der Waals surface area contributed by atoms with Crippen molar-refractivity contribution in [1.29, 1.82) is 0 Å². The number of carbonyl (C=O) groups excluding carboxylic acids is 2. The summed E-state index contributed by atoms with van der Waals surface area (Å²) in [5.41, 5.74) is 0.928. The lowest BCUT2D eigenvalue weighted by Crippen LogP contribution is -2.48. The molecule has 2 aromatic rings. The van der Waals surface area contributed by atoms with Crippen molar-refractivity contribution in [3.8, 4) is 0 Å². The highest BCUT2D eigenvalue weighted by Crippen LogP contribution is 2.36. The van der Waals surface area contributed by atoms with E-state index >= 15 is 0 Å². The third kappa shape index (κ3) is 3.22. The maximum Gasteiger partial charge on any atom is 0.256 e. The average Bonchev–Trinajstić information content (AvgIpc) is 2.89. The van der Waals surface area contributed by atoms with Crippen LogP contribution in [0.3, 0.4) is 0 Å². The Morgan fingerprint density at radius 1 is 1.32 bits per heavy atom. The predicted octanol–water partition coefficient (Wildman–Crippen LogP) is 0.555. The number of amides is 1. The number of sulfonamides is 1. The molecule has 2 N–H and O–H groups in total. The van der Waals surface area contributed by atoms with E-state index in [-0.39, 0.29) is 17.2 Å². The van der Waals surface area contributed by atoms with Crippen LogP contribution in [-0.4, -0.2) is 38.3 Å². The molecule has 0 radical (unpaired) electrons. The van der Waals surface area contributed by atoms with E-state index in [2.05, 4.69) is 10.0 Å². The van der Waals surface area contributed by atoms with E-state index in [4.69, 9.17) is 0 Å². The van der Waals surface area contributed by atoms with Crippen molar-refractivity contribution < 1.29 is 23.1 Å². The molecule has 132 valence electrons. The Balaban J connectivity index is 2.05. The lowest BCUT2D eigenvalue weighted by Gasteiger charge is -2.20. The highest BCUT2D eigenvalue weighted by Gasteiger charge is 2.27. The summed E-state index contributed by atoms with van der Waals surface area (Å²) in [7, 11) is -4.10. The van der Waals surface area contributed by atoms with Crippen molar-refractivity contribution in [1.82, 2.24) is 4.72 Å². The van der Waals surface area contributed by atoms with Crippen LogP contribution in [0.25, 0.3) is 10.8 Å². The van der Waals surface area contributed by atoms with E-state index in [0.717, 1.165) is 0 Å². The molecule has 1 aliphatic heterocycles. The first-order valence-corrected chi connectivity index (χ1v) is 10.3. The van der Waals surface area contributed by atoms with Crippen molar-refractivity contribution in [3.05, 3.63) is 35.9 Å². The normalized spacial score (nSPS) is 14.5. The molecule has 0 fully saturated rings. The van der Waals surface area contributed by atoms with Gasteiger partial charge in [0.05, 0.1) is 16.9 Å². The summed E-state index contributed by atoms with van der Waals surface area (Å²) >= 11 is 1.41. The smallest absolute Gasteiger partial charge is 0.256 e. The monoisotopic (exact) mass is 379 g/mol. The van der Waals surface area contributed by atoms with Crippen LogP contribution in [-0.2, 0) is 14.8 Å². The van der Waals surface area contributed by atoms with Gasteiger partial charge in [0.1, 0.15) is 0 Å². The number of carboxylic acid groups (broad SMARTS) is 1. The summed E-state index contributed by atoms with van der Waals surface area (Å²) in [4.78, 5) is 23.1. The van der Waals surface area contributed by atoms with Gasteiger partial charge in [0.2, 0.25) is 10.0 Å². The standard InChI is InChI=1S/C16H16N2O5S2/c1-24-8-7-12(16(20)21)18-25(22,23)13-6-5-11-14-9(13)3-2-4-10(14)15(19)17-11/h2-6,12,18H,7-8H2,1H3,(H,17,19)(H,20,21)/p-1. The lowest BCUT2D eigenvalue weighted by atomic mass is 10.1. The molecular weight excluding hydrogens is 364 g/mol. The number of carbonyl (C=O) groups is 2. The number of hydrogen-bond acceptors (Lipinski definition) is 6. The minimum atomic E-state index is -4.10. The minimum absolute atomic E-state index is 0.0694. The molecule has 0 saturated carbocycles. The van der Waals surface area contributed by atoms with Crippen molar-refractivity contribution in [3.63, 3.8) is 0 Å². The fourth-order valence-corrected chi connectivity index (χ4v) is 4.70. The Bertz CT molecular complexity index is 972. The molecule has 3 rings (SSSR count). The molecule has 0 aromatic heterocycles. The molecule has 0 spiro atoms. The Morgan fingerprint density at radius 3 is 2.76 bits per heavy atom. The van der Waals surface area contributed by atoms with Crippen LogP contribution in [0.4, 0.5) is 5.69 Å². The number of carboxylic acids is 1. The fraction of sp³-hybridized carbons (Fsp3) is 0.250. The zero-order valence-corrected chi connectivity index (χ0v) is 14.9. The van der Waals surface area contributed by atoms with Crippen LogP contribution in [0.15, 0.2) is 35.2 Å². The van der Waals surface area contributed by atoms with Crippen LogP contribution in [0.5, 0.6) is 0 Å². The largest absolute Gasteiger partial charge is 0.548 e. The van der Waals surface area contributed by atoms with Gasteiger partial charge in [0.25, 0.3) is 5.91 Å². The Kier molecular flexibility index (Phi) is 4.72. The maximum absolute atomic E-state index is 12.7. The molecule has 0 saturated heterocycles. The third-order valence-corrected chi connectivity index (χ3v) is 6.15. The SMILES string of the molecule is CSCCC(NS(=O)(=O)c1ccc2c3c(cccc13)C(=O)N2)C(=O)[O-]. The van der Waals surface area contributed by atoms with E-state index in [0.29, 0.717) is 27.8 Å².